The summed E-state index contributed by atoms with van der Waals surface area (Å²) < 4.78 is 0. The van der Waals surface area contributed by atoms with Gasteiger partial charge in [0, 0.05) is 11.3 Å². The van der Waals surface area contributed by atoms with Crippen LogP contribution >= 0.6 is 0 Å². The Bertz CT molecular complexity index is 1200. The van der Waals surface area contributed by atoms with E-state index in [1.54, 1.807) is 11.1 Å². The first-order chi connectivity index (χ1) is 18.6. The summed E-state index contributed by atoms with van der Waals surface area (Å²) in [4.78, 5) is 0. The molecule has 0 aliphatic heterocycles. The van der Waals surface area contributed by atoms with Gasteiger partial charge < -0.3 is 0 Å². The van der Waals surface area contributed by atoms with E-state index in [9.17, 15) is 0 Å². The highest BCUT2D eigenvalue weighted by molar-refractivity contribution is 5.82. The average Bonchev–Trinajstić information content (AvgIpc) is 3.17. The Balaban J connectivity index is 1.74. The lowest BCUT2D eigenvalue weighted by Crippen LogP contribution is -2.59. The molecule has 2 aromatic carbocycles. The van der Waals surface area contributed by atoms with Crippen molar-refractivity contribution in [1.29, 1.82) is 0 Å². The van der Waals surface area contributed by atoms with Gasteiger partial charge in [0.25, 0.3) is 0 Å². The maximum Gasteiger partial charge on any atom is 0.0248 e. The smallest absolute Gasteiger partial charge is 0.0248 e. The Hall–Kier alpha value is -1.82. The first-order valence-electron chi connectivity index (χ1n) is 16.5. The molecule has 0 aromatic heterocycles. The van der Waals surface area contributed by atoms with Crippen LogP contribution in [0, 0.1) is 41.9 Å². The van der Waals surface area contributed by atoms with Crippen LogP contribution in [0.25, 0.3) is 11.1 Å². The molecular formula is C39H56. The van der Waals surface area contributed by atoms with E-state index in [0.717, 1.165) is 29.6 Å². The van der Waals surface area contributed by atoms with E-state index >= 15 is 0 Å². The molecule has 0 heterocycles. The zero-order valence-electron chi connectivity index (χ0n) is 26.5. The predicted molar refractivity (Wildman–Crippen MR) is 170 cm³/mol. The molecule has 3 saturated carbocycles. The van der Waals surface area contributed by atoms with Crippen molar-refractivity contribution < 1.29 is 0 Å². The molecule has 7 unspecified atom stereocenters. The third-order valence-corrected chi connectivity index (χ3v) is 12.2. The van der Waals surface area contributed by atoms with E-state index in [1.165, 1.54) is 85.6 Å². The van der Waals surface area contributed by atoms with Gasteiger partial charge in [0.1, 0.15) is 0 Å². The maximum atomic E-state index is 4.46. The number of fused-ring (bicyclic) bond motifs is 5. The molecule has 2 aromatic rings. The number of hydrogen-bond donors (Lipinski definition) is 0. The number of aryl methyl sites for hydroxylation is 1. The minimum Gasteiger partial charge on any atom is -0.0995 e. The molecular weight excluding hydrogens is 468 g/mol. The van der Waals surface area contributed by atoms with Crippen LogP contribution in [0.1, 0.15) is 134 Å². The van der Waals surface area contributed by atoms with Crippen LogP contribution < -0.4 is 0 Å². The molecule has 4 aliphatic carbocycles. The summed E-state index contributed by atoms with van der Waals surface area (Å²) in [6.07, 6.45) is 11.9. The Morgan fingerprint density at radius 1 is 0.923 bits per heavy atom. The SMILES string of the molecule is C=C(C)C(CCC)c1ccc2c(c1)C(CC(CC)CCCC)(C1CC3CC(C1C)C3(C)C)c1cc(C)ccc1-2. The highest BCUT2D eigenvalue weighted by Crippen LogP contribution is 2.69. The number of benzene rings is 2. The van der Waals surface area contributed by atoms with Crippen LogP contribution in [0.4, 0.5) is 0 Å². The molecule has 0 saturated heterocycles. The Kier molecular flexibility index (Phi) is 8.00. The summed E-state index contributed by atoms with van der Waals surface area (Å²) in [5.74, 6) is 4.44. The van der Waals surface area contributed by atoms with Gasteiger partial charge in [0.15, 0.2) is 0 Å². The standard InChI is InChI=1S/C39H56/c1-10-13-15-28(12-3)24-39(35-23-30-22-34(27(35)7)38(30,8)9)36-20-26(6)16-18-32(36)33-19-17-29(21-37(33)39)31(14-11-2)25(4)5/h16-21,27-28,30-31,34-35H,4,10-15,22-24H2,1-3,5-9H3. The van der Waals surface area contributed by atoms with Gasteiger partial charge in [-0.1, -0.05) is 128 Å². The van der Waals surface area contributed by atoms with Crippen LogP contribution in [-0.2, 0) is 5.41 Å². The molecule has 0 nitrogen and oxygen atoms in total. The van der Waals surface area contributed by atoms with Crippen molar-refractivity contribution >= 4 is 0 Å². The first kappa shape index (κ1) is 28.7. The Morgan fingerprint density at radius 2 is 1.59 bits per heavy atom. The summed E-state index contributed by atoms with van der Waals surface area (Å²) in [5, 5.41) is 0. The van der Waals surface area contributed by atoms with Gasteiger partial charge >= 0.3 is 0 Å². The molecule has 39 heavy (non-hydrogen) atoms. The van der Waals surface area contributed by atoms with Crippen molar-refractivity contribution in [2.45, 2.75) is 125 Å². The molecule has 0 spiro atoms. The van der Waals surface area contributed by atoms with Gasteiger partial charge in [-0.2, -0.15) is 0 Å². The van der Waals surface area contributed by atoms with Crippen LogP contribution in [0.2, 0.25) is 0 Å². The molecule has 2 bridgehead atoms. The van der Waals surface area contributed by atoms with Gasteiger partial charge in [-0.3, -0.25) is 0 Å². The molecule has 0 heteroatoms. The number of unbranched alkanes of at least 4 members (excludes halogenated alkanes) is 1. The van der Waals surface area contributed by atoms with Crippen molar-refractivity contribution in [2.75, 3.05) is 0 Å². The van der Waals surface area contributed by atoms with Crippen molar-refractivity contribution in [1.82, 2.24) is 0 Å². The molecule has 7 atom stereocenters. The summed E-state index contributed by atoms with van der Waals surface area (Å²) in [5.41, 5.74) is 11.3. The van der Waals surface area contributed by atoms with Crippen LogP contribution in [-0.4, -0.2) is 0 Å². The molecule has 0 radical (unpaired) electrons. The topological polar surface area (TPSA) is 0 Å². The average molecular weight is 525 g/mol. The summed E-state index contributed by atoms with van der Waals surface area (Å²) in [6.45, 7) is 24.0. The van der Waals surface area contributed by atoms with Crippen LogP contribution in [0.3, 0.4) is 0 Å². The highest BCUT2D eigenvalue weighted by Gasteiger charge is 2.62. The summed E-state index contributed by atoms with van der Waals surface area (Å²) in [6, 6.07) is 15.1. The lowest BCUT2D eigenvalue weighted by Gasteiger charge is -2.65. The minimum absolute atomic E-state index is 0.125. The van der Waals surface area contributed by atoms with Gasteiger partial charge in [-0.05, 0) is 102 Å². The van der Waals surface area contributed by atoms with Gasteiger partial charge in [-0.25, -0.2) is 0 Å². The molecule has 0 amide bonds. The molecule has 4 aliphatic rings. The van der Waals surface area contributed by atoms with Gasteiger partial charge in [0.05, 0.1) is 0 Å². The monoisotopic (exact) mass is 524 g/mol. The lowest BCUT2D eigenvalue weighted by atomic mass is 9.39. The third kappa shape index (κ3) is 4.57. The second-order valence-corrected chi connectivity index (χ2v) is 14.7. The third-order valence-electron chi connectivity index (χ3n) is 12.2. The van der Waals surface area contributed by atoms with E-state index in [-0.39, 0.29) is 5.41 Å². The summed E-state index contributed by atoms with van der Waals surface area (Å²) in [7, 11) is 0. The van der Waals surface area contributed by atoms with Crippen molar-refractivity contribution in [3.8, 4) is 11.1 Å². The van der Waals surface area contributed by atoms with Crippen LogP contribution in [0.5, 0.6) is 0 Å². The zero-order valence-corrected chi connectivity index (χ0v) is 26.5. The van der Waals surface area contributed by atoms with E-state index in [2.05, 4.69) is 98.4 Å². The number of allylic oxidation sites excluding steroid dienone is 1. The Morgan fingerprint density at radius 3 is 2.18 bits per heavy atom. The zero-order chi connectivity index (χ0) is 28.1. The predicted octanol–water partition coefficient (Wildman–Crippen LogP) is 11.6. The normalized spacial score (nSPS) is 29.7. The first-order valence-corrected chi connectivity index (χ1v) is 16.5. The quantitative estimate of drug-likeness (QED) is 0.256. The summed E-state index contributed by atoms with van der Waals surface area (Å²) >= 11 is 0. The van der Waals surface area contributed by atoms with E-state index in [1.807, 2.05) is 0 Å². The molecule has 212 valence electrons. The second-order valence-electron chi connectivity index (χ2n) is 14.7. The fourth-order valence-electron chi connectivity index (χ4n) is 9.75. The van der Waals surface area contributed by atoms with Crippen molar-refractivity contribution in [3.63, 3.8) is 0 Å². The van der Waals surface area contributed by atoms with Crippen molar-refractivity contribution in [3.05, 3.63) is 70.8 Å². The minimum atomic E-state index is 0.125. The fourth-order valence-corrected chi connectivity index (χ4v) is 9.75. The van der Waals surface area contributed by atoms with Gasteiger partial charge in [0.2, 0.25) is 0 Å². The van der Waals surface area contributed by atoms with Crippen molar-refractivity contribution in [2.24, 2.45) is 35.0 Å². The highest BCUT2D eigenvalue weighted by atomic mass is 14.7. The van der Waals surface area contributed by atoms with Crippen LogP contribution in [0.15, 0.2) is 48.6 Å². The maximum absolute atomic E-state index is 4.46. The Labute approximate surface area is 241 Å². The fraction of sp³-hybridized carbons (Fsp3) is 0.641. The largest absolute Gasteiger partial charge is 0.0995 e. The van der Waals surface area contributed by atoms with E-state index in [0.29, 0.717) is 11.3 Å². The number of rotatable bonds is 11. The molecule has 3 fully saturated rings. The molecule has 6 rings (SSSR count). The van der Waals surface area contributed by atoms with Gasteiger partial charge in [-0.15, -0.1) is 0 Å². The number of hydrogen-bond acceptors (Lipinski definition) is 0. The molecule has 0 N–H and O–H groups in total. The lowest BCUT2D eigenvalue weighted by molar-refractivity contribution is -0.143. The second kappa shape index (κ2) is 10.9. The van der Waals surface area contributed by atoms with E-state index in [4.69, 9.17) is 0 Å². The van der Waals surface area contributed by atoms with E-state index < -0.39 is 0 Å².